The van der Waals surface area contributed by atoms with Gasteiger partial charge in [-0.3, -0.25) is 0 Å². The van der Waals surface area contributed by atoms with Gasteiger partial charge in [0, 0.05) is 17.5 Å². The quantitative estimate of drug-likeness (QED) is 0.921. The lowest BCUT2D eigenvalue weighted by Gasteiger charge is -2.24. The Morgan fingerprint density at radius 2 is 2.05 bits per heavy atom. The molecule has 2 aromatic carbocycles. The van der Waals surface area contributed by atoms with Crippen molar-refractivity contribution < 1.29 is 9.13 Å². The summed E-state index contributed by atoms with van der Waals surface area (Å²) in [6, 6.07) is 13.1. The minimum Gasteiger partial charge on any atom is -0.493 e. The van der Waals surface area contributed by atoms with Crippen LogP contribution in [0.25, 0.3) is 0 Å². The summed E-state index contributed by atoms with van der Waals surface area (Å²) in [6.07, 6.45) is 0. The van der Waals surface area contributed by atoms with E-state index in [-0.39, 0.29) is 17.8 Å². The van der Waals surface area contributed by atoms with Crippen molar-refractivity contribution in [1.82, 2.24) is 5.32 Å². The topological polar surface area (TPSA) is 21.3 Å². The van der Waals surface area contributed by atoms with Gasteiger partial charge in [-0.1, -0.05) is 24.3 Å². The summed E-state index contributed by atoms with van der Waals surface area (Å²) in [4.78, 5) is 0. The van der Waals surface area contributed by atoms with E-state index in [1.807, 2.05) is 38.2 Å². The van der Waals surface area contributed by atoms with Crippen molar-refractivity contribution >= 4 is 0 Å². The van der Waals surface area contributed by atoms with Crippen molar-refractivity contribution in [2.24, 2.45) is 0 Å². The van der Waals surface area contributed by atoms with Gasteiger partial charge >= 0.3 is 0 Å². The minimum atomic E-state index is -0.196. The highest BCUT2D eigenvalue weighted by Crippen LogP contribution is 2.41. The SMILES string of the molecule is CNC(c1cc(F)ccc1C)C1COc2ccccc21. The zero-order chi connectivity index (χ0) is 14.1. The summed E-state index contributed by atoms with van der Waals surface area (Å²) in [5.74, 6) is 0.946. The van der Waals surface area contributed by atoms with Crippen LogP contribution in [0.15, 0.2) is 42.5 Å². The summed E-state index contributed by atoms with van der Waals surface area (Å²) in [7, 11) is 1.91. The van der Waals surface area contributed by atoms with Crippen LogP contribution >= 0.6 is 0 Å². The average Bonchev–Trinajstić information content (AvgIpc) is 2.88. The first kappa shape index (κ1) is 13.1. The molecule has 1 aliphatic heterocycles. The fourth-order valence-electron chi connectivity index (χ4n) is 2.98. The van der Waals surface area contributed by atoms with Gasteiger partial charge in [-0.25, -0.2) is 4.39 Å². The molecule has 2 atom stereocenters. The van der Waals surface area contributed by atoms with Crippen LogP contribution in [0.3, 0.4) is 0 Å². The number of hydrogen-bond donors (Lipinski definition) is 1. The molecule has 0 saturated carbocycles. The van der Waals surface area contributed by atoms with E-state index < -0.39 is 0 Å². The van der Waals surface area contributed by atoms with Crippen LogP contribution in [-0.4, -0.2) is 13.7 Å². The van der Waals surface area contributed by atoms with E-state index in [9.17, 15) is 4.39 Å². The molecule has 1 aliphatic rings. The van der Waals surface area contributed by atoms with E-state index in [2.05, 4.69) is 11.4 Å². The Morgan fingerprint density at radius 1 is 1.25 bits per heavy atom. The molecule has 20 heavy (non-hydrogen) atoms. The fourth-order valence-corrected chi connectivity index (χ4v) is 2.98. The highest BCUT2D eigenvalue weighted by atomic mass is 19.1. The normalized spacial score (nSPS) is 18.4. The van der Waals surface area contributed by atoms with Gasteiger partial charge in [-0.05, 0) is 43.3 Å². The first-order valence-corrected chi connectivity index (χ1v) is 6.85. The van der Waals surface area contributed by atoms with Crippen LogP contribution in [0.2, 0.25) is 0 Å². The number of hydrogen-bond acceptors (Lipinski definition) is 2. The minimum absolute atomic E-state index is 0.0503. The maximum atomic E-state index is 13.6. The van der Waals surface area contributed by atoms with Crippen LogP contribution in [0.5, 0.6) is 5.75 Å². The van der Waals surface area contributed by atoms with Crippen molar-refractivity contribution in [2.75, 3.05) is 13.7 Å². The largest absolute Gasteiger partial charge is 0.493 e. The molecule has 3 rings (SSSR count). The Morgan fingerprint density at radius 3 is 2.85 bits per heavy atom. The molecule has 3 heteroatoms. The van der Waals surface area contributed by atoms with Gasteiger partial charge in [-0.2, -0.15) is 0 Å². The summed E-state index contributed by atoms with van der Waals surface area (Å²) in [5.41, 5.74) is 3.28. The lowest BCUT2D eigenvalue weighted by atomic mass is 9.86. The monoisotopic (exact) mass is 271 g/mol. The molecular formula is C17H18FNO. The van der Waals surface area contributed by atoms with Crippen LogP contribution in [0, 0.1) is 12.7 Å². The first-order valence-electron chi connectivity index (χ1n) is 6.85. The number of aryl methyl sites for hydroxylation is 1. The second-order valence-corrected chi connectivity index (χ2v) is 5.22. The smallest absolute Gasteiger partial charge is 0.123 e. The number of fused-ring (bicyclic) bond motifs is 1. The molecule has 0 fully saturated rings. The lowest BCUT2D eigenvalue weighted by molar-refractivity contribution is 0.304. The number of ether oxygens (including phenoxy) is 1. The third-order valence-corrected chi connectivity index (χ3v) is 4.03. The highest BCUT2D eigenvalue weighted by molar-refractivity contribution is 5.43. The maximum absolute atomic E-state index is 13.6. The molecule has 0 aromatic heterocycles. The standard InChI is InChI=1S/C17H18FNO/c1-11-7-8-12(18)9-14(11)17(19-2)15-10-20-16-6-4-3-5-13(15)16/h3-9,15,17,19H,10H2,1-2H3. The van der Waals surface area contributed by atoms with Crippen LogP contribution in [0.1, 0.15) is 28.7 Å². The zero-order valence-corrected chi connectivity index (χ0v) is 11.7. The van der Waals surface area contributed by atoms with Gasteiger partial charge in [0.2, 0.25) is 0 Å². The molecule has 1 N–H and O–H groups in total. The van der Waals surface area contributed by atoms with Gasteiger partial charge in [0.15, 0.2) is 0 Å². The number of nitrogens with one attached hydrogen (secondary N) is 1. The van der Waals surface area contributed by atoms with Crippen molar-refractivity contribution in [3.05, 3.63) is 65.0 Å². The number of likely N-dealkylation sites (N-methyl/N-ethyl adjacent to an activating group) is 1. The summed E-state index contributed by atoms with van der Waals surface area (Å²) in [6.45, 7) is 2.64. The van der Waals surface area contributed by atoms with E-state index in [1.54, 1.807) is 6.07 Å². The zero-order valence-electron chi connectivity index (χ0n) is 11.7. The van der Waals surface area contributed by atoms with Crippen molar-refractivity contribution in [2.45, 2.75) is 18.9 Å². The van der Waals surface area contributed by atoms with Crippen LogP contribution in [0.4, 0.5) is 4.39 Å². The molecule has 2 nitrogen and oxygen atoms in total. The summed E-state index contributed by atoms with van der Waals surface area (Å²) in [5, 5.41) is 3.32. The number of rotatable bonds is 3. The van der Waals surface area contributed by atoms with Gasteiger partial charge < -0.3 is 10.1 Å². The number of para-hydroxylation sites is 1. The van der Waals surface area contributed by atoms with E-state index in [0.717, 1.165) is 16.9 Å². The molecule has 2 unspecified atom stereocenters. The molecule has 2 aromatic rings. The Kier molecular flexibility index (Phi) is 3.45. The first-order chi connectivity index (χ1) is 9.70. The van der Waals surface area contributed by atoms with Crippen molar-refractivity contribution in [3.8, 4) is 5.75 Å². The van der Waals surface area contributed by atoms with Gasteiger partial charge in [-0.15, -0.1) is 0 Å². The third kappa shape index (κ3) is 2.18. The number of halogens is 1. The molecule has 0 amide bonds. The third-order valence-electron chi connectivity index (χ3n) is 4.03. The Balaban J connectivity index is 2.01. The molecule has 1 heterocycles. The molecule has 0 radical (unpaired) electrons. The highest BCUT2D eigenvalue weighted by Gasteiger charge is 2.32. The molecule has 0 spiro atoms. The summed E-state index contributed by atoms with van der Waals surface area (Å²) < 4.78 is 19.3. The Bertz CT molecular complexity index is 626. The van der Waals surface area contributed by atoms with Gasteiger partial charge in [0.25, 0.3) is 0 Å². The van der Waals surface area contributed by atoms with Crippen LogP contribution < -0.4 is 10.1 Å². The fraction of sp³-hybridized carbons (Fsp3) is 0.294. The van der Waals surface area contributed by atoms with Gasteiger partial charge in [0.1, 0.15) is 11.6 Å². The predicted molar refractivity (Wildman–Crippen MR) is 77.6 cm³/mol. The molecule has 104 valence electrons. The molecule has 0 aliphatic carbocycles. The van der Waals surface area contributed by atoms with Crippen LogP contribution in [-0.2, 0) is 0 Å². The van der Waals surface area contributed by atoms with E-state index >= 15 is 0 Å². The second kappa shape index (κ2) is 5.25. The predicted octanol–water partition coefficient (Wildman–Crippen LogP) is 3.57. The Hall–Kier alpha value is -1.87. The van der Waals surface area contributed by atoms with E-state index in [4.69, 9.17) is 4.74 Å². The second-order valence-electron chi connectivity index (χ2n) is 5.22. The Labute approximate surface area is 118 Å². The van der Waals surface area contributed by atoms with Gasteiger partial charge in [0.05, 0.1) is 6.61 Å². The van der Waals surface area contributed by atoms with E-state index in [1.165, 1.54) is 11.6 Å². The van der Waals surface area contributed by atoms with Crippen molar-refractivity contribution in [3.63, 3.8) is 0 Å². The molecule has 0 bridgehead atoms. The molecular weight excluding hydrogens is 253 g/mol. The summed E-state index contributed by atoms with van der Waals surface area (Å²) >= 11 is 0. The average molecular weight is 271 g/mol. The van der Waals surface area contributed by atoms with E-state index in [0.29, 0.717) is 6.61 Å². The van der Waals surface area contributed by atoms with Crippen molar-refractivity contribution in [1.29, 1.82) is 0 Å². The lowest BCUT2D eigenvalue weighted by Crippen LogP contribution is -2.25. The molecule has 0 saturated heterocycles. The number of benzene rings is 2. The maximum Gasteiger partial charge on any atom is 0.123 e.